The van der Waals surface area contributed by atoms with Gasteiger partial charge in [0.2, 0.25) is 17.7 Å². The highest BCUT2D eigenvalue weighted by Gasteiger charge is 2.64. The molecule has 6 rings (SSSR count). The van der Waals surface area contributed by atoms with Gasteiger partial charge in [0.1, 0.15) is 6.04 Å². The number of nitro benzene ring substituents is 1. The van der Waals surface area contributed by atoms with Gasteiger partial charge < -0.3 is 10.2 Å². The Bertz CT molecular complexity index is 1580. The van der Waals surface area contributed by atoms with E-state index in [-0.39, 0.29) is 11.5 Å². The average Bonchev–Trinajstić information content (AvgIpc) is 3.41. The lowest BCUT2D eigenvalue weighted by atomic mass is 9.88. The second-order valence-corrected chi connectivity index (χ2v) is 9.72. The Morgan fingerprint density at radius 2 is 1.56 bits per heavy atom. The van der Waals surface area contributed by atoms with Crippen LogP contribution in [0.4, 0.5) is 22.7 Å². The van der Waals surface area contributed by atoms with Gasteiger partial charge in [0.05, 0.1) is 28.5 Å². The lowest BCUT2D eigenvalue weighted by molar-refractivity contribution is -0.384. The topological polar surface area (TPSA) is 130 Å². The van der Waals surface area contributed by atoms with Crippen molar-refractivity contribution in [3.05, 3.63) is 100 Å². The molecule has 0 saturated carbocycles. The molecule has 3 aromatic carbocycles. The van der Waals surface area contributed by atoms with Gasteiger partial charge in [-0.25, -0.2) is 4.90 Å². The van der Waals surface area contributed by atoms with Crippen LogP contribution in [-0.4, -0.2) is 40.5 Å². The number of nitrogens with one attached hydrogen (secondary N) is 1. The van der Waals surface area contributed by atoms with E-state index in [1.165, 1.54) is 31.2 Å². The van der Waals surface area contributed by atoms with Gasteiger partial charge in [-0.1, -0.05) is 30.4 Å². The minimum atomic E-state index is -1.01. The van der Waals surface area contributed by atoms with Crippen molar-refractivity contribution in [3.8, 4) is 0 Å². The molecule has 2 fully saturated rings. The van der Waals surface area contributed by atoms with Crippen LogP contribution in [0.25, 0.3) is 6.08 Å². The first-order valence-electron chi connectivity index (χ1n) is 12.4. The SMILES string of the molecule is CC(=O)c1ccc(N2C(=O)[C@@H]3[C@H](C2=O)[C@@H](C(=O)Nc2ccc([N+](=O)[O-])cc2)N2c4ccccc4C=C[C@@H]32)cc1. The van der Waals surface area contributed by atoms with Crippen LogP contribution in [0.2, 0.25) is 0 Å². The van der Waals surface area contributed by atoms with E-state index in [2.05, 4.69) is 5.32 Å². The number of fused-ring (bicyclic) bond motifs is 5. The number of hydrogen-bond donors (Lipinski definition) is 1. The molecule has 1 N–H and O–H groups in total. The molecule has 0 radical (unpaired) electrons. The molecule has 3 aliphatic rings. The van der Waals surface area contributed by atoms with E-state index in [0.29, 0.717) is 16.9 Å². The normalized spacial score (nSPS) is 22.8. The zero-order valence-corrected chi connectivity index (χ0v) is 20.7. The maximum atomic E-state index is 13.9. The first-order valence-corrected chi connectivity index (χ1v) is 12.4. The lowest BCUT2D eigenvalue weighted by Gasteiger charge is -2.36. The number of benzene rings is 3. The van der Waals surface area contributed by atoms with Crippen LogP contribution in [0.3, 0.4) is 0 Å². The molecule has 0 spiro atoms. The van der Waals surface area contributed by atoms with Crippen LogP contribution in [0, 0.1) is 22.0 Å². The maximum Gasteiger partial charge on any atom is 0.269 e. The van der Waals surface area contributed by atoms with Gasteiger partial charge in [-0.3, -0.25) is 29.3 Å². The van der Waals surface area contributed by atoms with E-state index in [4.69, 9.17) is 0 Å². The van der Waals surface area contributed by atoms with Gasteiger partial charge in [0.15, 0.2) is 5.78 Å². The summed E-state index contributed by atoms with van der Waals surface area (Å²) < 4.78 is 0. The fourth-order valence-electron chi connectivity index (χ4n) is 5.80. The molecule has 3 aromatic rings. The van der Waals surface area contributed by atoms with Gasteiger partial charge in [0, 0.05) is 29.1 Å². The smallest absolute Gasteiger partial charge is 0.269 e. The molecule has 10 nitrogen and oxygen atoms in total. The van der Waals surface area contributed by atoms with Gasteiger partial charge in [0.25, 0.3) is 5.69 Å². The Morgan fingerprint density at radius 1 is 0.897 bits per heavy atom. The molecule has 4 atom stereocenters. The number of nitro groups is 1. The highest BCUT2D eigenvalue weighted by Crippen LogP contribution is 2.49. The third kappa shape index (κ3) is 3.80. The quantitative estimate of drug-likeness (QED) is 0.233. The first kappa shape index (κ1) is 24.2. The van der Waals surface area contributed by atoms with E-state index >= 15 is 0 Å². The Labute approximate surface area is 222 Å². The van der Waals surface area contributed by atoms with Crippen LogP contribution in [0.5, 0.6) is 0 Å². The number of carbonyl (C=O) groups is 4. The molecule has 194 valence electrons. The summed E-state index contributed by atoms with van der Waals surface area (Å²) in [5.41, 5.74) is 2.61. The molecule has 0 bridgehead atoms. The second-order valence-electron chi connectivity index (χ2n) is 9.72. The Kier molecular flexibility index (Phi) is 5.60. The molecule has 3 aliphatic heterocycles. The van der Waals surface area contributed by atoms with Crippen LogP contribution >= 0.6 is 0 Å². The maximum absolute atomic E-state index is 13.9. The number of amides is 3. The minimum Gasteiger partial charge on any atom is -0.351 e. The average molecular weight is 523 g/mol. The van der Waals surface area contributed by atoms with Crippen LogP contribution in [-0.2, 0) is 14.4 Å². The molecule has 10 heteroatoms. The van der Waals surface area contributed by atoms with Crippen molar-refractivity contribution in [2.45, 2.75) is 19.0 Å². The predicted molar refractivity (Wildman–Crippen MR) is 143 cm³/mol. The number of nitrogens with zero attached hydrogens (tertiary/aromatic N) is 3. The fourth-order valence-corrected chi connectivity index (χ4v) is 5.80. The summed E-state index contributed by atoms with van der Waals surface area (Å²) in [7, 11) is 0. The van der Waals surface area contributed by atoms with Crippen molar-refractivity contribution < 1.29 is 24.1 Å². The second kappa shape index (κ2) is 9.02. The van der Waals surface area contributed by atoms with Crippen molar-refractivity contribution in [3.63, 3.8) is 0 Å². The highest BCUT2D eigenvalue weighted by atomic mass is 16.6. The van der Waals surface area contributed by atoms with Crippen molar-refractivity contribution in [2.75, 3.05) is 15.1 Å². The molecular weight excluding hydrogens is 500 g/mol. The molecule has 2 saturated heterocycles. The fraction of sp³-hybridized carbons (Fsp3) is 0.172. The summed E-state index contributed by atoms with van der Waals surface area (Å²) >= 11 is 0. The van der Waals surface area contributed by atoms with Gasteiger partial charge in [-0.05, 0) is 55.0 Å². The number of para-hydroxylation sites is 1. The van der Waals surface area contributed by atoms with E-state index in [1.54, 1.807) is 24.3 Å². The molecule has 0 aromatic heterocycles. The monoisotopic (exact) mass is 522 g/mol. The number of rotatable bonds is 5. The standard InChI is InChI=1S/C29H22N4O6/c1-16(34)17-6-11-20(12-7-17)31-28(36)24-23-15-8-18-4-2-3-5-22(18)32(23)26(25(24)29(31)37)27(35)30-19-9-13-21(14-10-19)33(38)39/h2-15,23-26H,1H3,(H,30,35)/t23-,24-,25-,26-/m0/s1. The summed E-state index contributed by atoms with van der Waals surface area (Å²) in [6.07, 6.45) is 3.75. The molecular formula is C29H22N4O6. The van der Waals surface area contributed by atoms with E-state index < -0.39 is 46.6 Å². The summed E-state index contributed by atoms with van der Waals surface area (Å²) in [4.78, 5) is 66.6. The Morgan fingerprint density at radius 3 is 2.23 bits per heavy atom. The van der Waals surface area contributed by atoms with Gasteiger partial charge >= 0.3 is 0 Å². The van der Waals surface area contributed by atoms with Crippen LogP contribution in [0.1, 0.15) is 22.8 Å². The summed E-state index contributed by atoms with van der Waals surface area (Å²) in [6, 6.07) is 17.6. The van der Waals surface area contributed by atoms with Crippen molar-refractivity contribution in [1.29, 1.82) is 0 Å². The molecule has 0 aliphatic carbocycles. The van der Waals surface area contributed by atoms with E-state index in [1.807, 2.05) is 41.3 Å². The number of imide groups is 1. The van der Waals surface area contributed by atoms with Crippen LogP contribution in [0.15, 0.2) is 78.9 Å². The number of non-ortho nitro benzene ring substituents is 1. The van der Waals surface area contributed by atoms with Gasteiger partial charge in [-0.2, -0.15) is 0 Å². The van der Waals surface area contributed by atoms with Crippen molar-refractivity contribution >= 4 is 52.3 Å². The lowest BCUT2D eigenvalue weighted by Crippen LogP contribution is -2.50. The Hall–Kier alpha value is -5.12. The third-order valence-corrected chi connectivity index (χ3v) is 7.56. The molecule has 39 heavy (non-hydrogen) atoms. The minimum absolute atomic E-state index is 0.118. The summed E-state index contributed by atoms with van der Waals surface area (Å²) in [6.45, 7) is 1.43. The highest BCUT2D eigenvalue weighted by molar-refractivity contribution is 6.25. The number of Topliss-reactive ketones (excluding diaryl/α,β-unsaturated/α-hetero) is 1. The predicted octanol–water partition coefficient (Wildman–Crippen LogP) is 3.83. The van der Waals surface area contributed by atoms with Crippen molar-refractivity contribution in [1.82, 2.24) is 0 Å². The molecule has 3 amide bonds. The number of hydrogen-bond acceptors (Lipinski definition) is 7. The van der Waals surface area contributed by atoms with E-state index in [0.717, 1.165) is 16.2 Å². The number of anilines is 3. The van der Waals surface area contributed by atoms with E-state index in [9.17, 15) is 29.3 Å². The van der Waals surface area contributed by atoms with Gasteiger partial charge in [-0.15, -0.1) is 0 Å². The largest absolute Gasteiger partial charge is 0.351 e. The number of ketones is 1. The summed E-state index contributed by atoms with van der Waals surface area (Å²) in [5.74, 6) is -3.32. The summed E-state index contributed by atoms with van der Waals surface area (Å²) in [5, 5.41) is 13.8. The van der Waals surface area contributed by atoms with Crippen molar-refractivity contribution in [2.24, 2.45) is 11.8 Å². The third-order valence-electron chi connectivity index (χ3n) is 7.56. The zero-order chi connectivity index (χ0) is 27.4. The molecule has 0 unspecified atom stereocenters. The zero-order valence-electron chi connectivity index (χ0n) is 20.7. The number of carbonyl (C=O) groups excluding carboxylic acids is 4. The molecule has 3 heterocycles. The first-order chi connectivity index (χ1) is 18.8. The van der Waals surface area contributed by atoms with Crippen LogP contribution < -0.4 is 15.1 Å². The Balaban J connectivity index is 1.39.